The molecular formula is C41H31Cl3F11NO6. The van der Waals surface area contributed by atoms with Crippen molar-refractivity contribution in [2.24, 2.45) is 0 Å². The Bertz CT molecular complexity index is 2310. The van der Waals surface area contributed by atoms with Gasteiger partial charge in [-0.1, -0.05) is 0 Å². The first-order valence-electron chi connectivity index (χ1n) is 17.3. The van der Waals surface area contributed by atoms with Gasteiger partial charge in [-0.3, -0.25) is 18.8 Å². The fraction of sp³-hybridized carbons (Fsp3) is 0.195. The summed E-state index contributed by atoms with van der Waals surface area (Å²) in [6, 6.07) is 12.8. The SMILES string of the molecule is N.O.O=C(CCl)c1cc(F)ccc1F.O=C(c1cc(F)ccc1F)[C@@H]1O[C@@]1(CCl)c1cc(F)ccc1F.O=C(c1cc(F)ccc1F)[C@@H]1O[C@]1(CCl)c1cc(F)ccc1F.[2H]CF. The van der Waals surface area contributed by atoms with Crippen LogP contribution in [0.15, 0.2) is 91.0 Å². The Balaban J connectivity index is 0.000000324. The number of benzene rings is 5. The van der Waals surface area contributed by atoms with E-state index in [1.807, 2.05) is 0 Å². The van der Waals surface area contributed by atoms with Gasteiger partial charge in [-0.15, -0.1) is 34.8 Å². The van der Waals surface area contributed by atoms with E-state index in [0.717, 1.165) is 91.0 Å². The van der Waals surface area contributed by atoms with Gasteiger partial charge in [0, 0.05) is 11.1 Å². The number of epoxide rings is 2. The molecule has 0 spiro atoms. The van der Waals surface area contributed by atoms with E-state index in [2.05, 4.69) is 0 Å². The maximum Gasteiger partial charge on any atom is 0.198 e. The minimum atomic E-state index is -1.59. The second kappa shape index (κ2) is 22.4. The Kier molecular flexibility index (Phi) is 18.6. The summed E-state index contributed by atoms with van der Waals surface area (Å²) in [6.07, 6.45) is -2.62. The van der Waals surface area contributed by atoms with Crippen molar-refractivity contribution in [3.63, 3.8) is 0 Å². The molecule has 2 saturated heterocycles. The monoisotopic (exact) mass is 948 g/mol. The van der Waals surface area contributed by atoms with Crippen LogP contribution < -0.4 is 6.15 Å². The highest BCUT2D eigenvalue weighted by atomic mass is 35.5. The van der Waals surface area contributed by atoms with Crippen molar-refractivity contribution in [3.05, 3.63) is 177 Å². The second-order valence-electron chi connectivity index (χ2n) is 12.4. The molecule has 7 nitrogen and oxygen atoms in total. The molecule has 2 aliphatic rings. The van der Waals surface area contributed by atoms with Crippen molar-refractivity contribution in [2.75, 3.05) is 24.8 Å². The molecule has 0 unspecified atom stereocenters. The zero-order valence-corrected chi connectivity index (χ0v) is 33.5. The van der Waals surface area contributed by atoms with Crippen LogP contribution in [0.5, 0.6) is 0 Å². The summed E-state index contributed by atoms with van der Waals surface area (Å²) >= 11 is 16.7. The molecule has 5 aromatic rings. The number of carbonyl (C=O) groups excluding carboxylic acids is 3. The molecular weight excluding hydrogens is 918 g/mol. The first-order valence-corrected chi connectivity index (χ1v) is 18.2. The van der Waals surface area contributed by atoms with Gasteiger partial charge in [0.2, 0.25) is 0 Å². The van der Waals surface area contributed by atoms with Crippen LogP contribution in [-0.4, -0.2) is 59.8 Å². The summed E-state index contributed by atoms with van der Waals surface area (Å²) in [7, 11) is -1.00. The van der Waals surface area contributed by atoms with Crippen molar-refractivity contribution < 1.29 is 79.0 Å². The summed E-state index contributed by atoms with van der Waals surface area (Å²) < 4.78 is 160. The quantitative estimate of drug-likeness (QED) is 0.0639. The van der Waals surface area contributed by atoms with Crippen LogP contribution in [0.3, 0.4) is 0 Å². The fourth-order valence-corrected chi connectivity index (χ4v) is 6.56. The number of carbonyl (C=O) groups is 3. The Morgan fingerprint density at radius 1 is 0.532 bits per heavy atom. The molecule has 0 aliphatic carbocycles. The Labute approximate surface area is 361 Å². The van der Waals surface area contributed by atoms with Crippen LogP contribution in [0.2, 0.25) is 0 Å². The van der Waals surface area contributed by atoms with E-state index in [0.29, 0.717) is 0 Å². The molecule has 0 aromatic heterocycles. The number of rotatable bonds is 10. The van der Waals surface area contributed by atoms with Gasteiger partial charge in [0.25, 0.3) is 0 Å². The average Bonchev–Trinajstić information content (AvgIpc) is 4.17. The van der Waals surface area contributed by atoms with Gasteiger partial charge in [0.05, 0.1) is 42.9 Å². The summed E-state index contributed by atoms with van der Waals surface area (Å²) in [5.74, 6) is -11.4. The largest absolute Gasteiger partial charge is 0.412 e. The lowest BCUT2D eigenvalue weighted by molar-refractivity contribution is 0.0942. The number of halogens is 14. The number of hydrogen-bond acceptors (Lipinski definition) is 6. The van der Waals surface area contributed by atoms with Gasteiger partial charge in [-0.25, -0.2) is 43.9 Å². The third-order valence-electron chi connectivity index (χ3n) is 8.77. The third kappa shape index (κ3) is 11.5. The van der Waals surface area contributed by atoms with Gasteiger partial charge >= 0.3 is 0 Å². The van der Waals surface area contributed by atoms with Gasteiger partial charge in [0.15, 0.2) is 29.6 Å². The first kappa shape index (κ1) is 51.4. The molecule has 0 amide bonds. The highest BCUT2D eigenvalue weighted by Gasteiger charge is 2.63. The molecule has 0 bridgehead atoms. The molecule has 7 rings (SSSR count). The molecule has 0 saturated carbocycles. The summed E-state index contributed by atoms with van der Waals surface area (Å²) in [6.45, 7) is 0. The predicted octanol–water partition coefficient (Wildman–Crippen LogP) is 10.2. The van der Waals surface area contributed by atoms with Crippen LogP contribution in [0.4, 0.5) is 48.3 Å². The van der Waals surface area contributed by atoms with E-state index in [4.69, 9.17) is 45.6 Å². The Morgan fingerprint density at radius 3 is 1.11 bits per heavy atom. The van der Waals surface area contributed by atoms with E-state index in [9.17, 15) is 62.7 Å². The summed E-state index contributed by atoms with van der Waals surface area (Å²) in [4.78, 5) is 35.5. The second-order valence-corrected chi connectivity index (χ2v) is 13.2. The van der Waals surface area contributed by atoms with Gasteiger partial charge in [-0.05, 0) is 91.0 Å². The minimum absolute atomic E-state index is 0. The predicted molar refractivity (Wildman–Crippen MR) is 206 cm³/mol. The molecule has 5 aromatic carbocycles. The van der Waals surface area contributed by atoms with E-state index < -0.39 is 117 Å². The number of ketones is 3. The molecule has 5 N–H and O–H groups in total. The lowest BCUT2D eigenvalue weighted by atomic mass is 9.92. The smallest absolute Gasteiger partial charge is 0.198 e. The zero-order chi connectivity index (χ0) is 45.4. The average molecular weight is 950 g/mol. The van der Waals surface area contributed by atoms with E-state index in [1.54, 1.807) is 0 Å². The normalized spacial score (nSPS) is 19.2. The van der Waals surface area contributed by atoms with Crippen LogP contribution in [0, 0.1) is 58.2 Å². The Hall–Kier alpha value is -4.95. The minimum Gasteiger partial charge on any atom is -0.412 e. The highest BCUT2D eigenvalue weighted by Crippen LogP contribution is 2.51. The van der Waals surface area contributed by atoms with Crippen molar-refractivity contribution in [1.82, 2.24) is 6.15 Å². The van der Waals surface area contributed by atoms with Crippen molar-refractivity contribution in [2.45, 2.75) is 23.4 Å². The van der Waals surface area contributed by atoms with Crippen LogP contribution in [0.25, 0.3) is 0 Å². The highest BCUT2D eigenvalue weighted by molar-refractivity contribution is 6.30. The van der Waals surface area contributed by atoms with Crippen LogP contribution in [0.1, 0.15) is 43.6 Å². The molecule has 62 heavy (non-hydrogen) atoms. The number of alkyl halides is 4. The summed E-state index contributed by atoms with van der Waals surface area (Å²) in [5.41, 5.74) is -5.01. The molecule has 2 aliphatic heterocycles. The molecule has 2 heterocycles. The van der Waals surface area contributed by atoms with Gasteiger partial charge in [0.1, 0.15) is 69.4 Å². The molecule has 0 radical (unpaired) electrons. The number of ether oxygens (including phenoxy) is 2. The lowest BCUT2D eigenvalue weighted by Crippen LogP contribution is -2.23. The number of hydrogen-bond donors (Lipinski definition) is 1. The van der Waals surface area contributed by atoms with E-state index >= 15 is 0 Å². The third-order valence-corrected chi connectivity index (χ3v) is 9.81. The van der Waals surface area contributed by atoms with E-state index in [1.165, 1.54) is 0 Å². The van der Waals surface area contributed by atoms with Crippen LogP contribution in [-0.2, 0) is 20.7 Å². The van der Waals surface area contributed by atoms with Gasteiger partial charge < -0.3 is 21.1 Å². The van der Waals surface area contributed by atoms with Crippen LogP contribution >= 0.6 is 34.8 Å². The standard InChI is InChI=1S/2C16H9ClF4O2.C8H5ClF2O.CH3F.H3N.H2O/c2*17-7-16(11-6-9(19)2-4-13(11)21)15(23-16)14(22)10-5-8(18)1-3-12(10)20;9-4-8(12)6-3-5(10)1-2-7(6)11;1-2;;/h2*1-6,15H,7H2;1-3H,4H2;1H3;1H3;1H2/t15-,16+;15-,16-;;;;/m00..../s1/i;;;1D;;. The van der Waals surface area contributed by atoms with Gasteiger partial charge in [-0.2, -0.15) is 0 Å². The Morgan fingerprint density at radius 2 is 0.806 bits per heavy atom. The van der Waals surface area contributed by atoms with Crippen molar-refractivity contribution in [1.29, 1.82) is 0 Å². The molecule has 334 valence electrons. The van der Waals surface area contributed by atoms with Crippen molar-refractivity contribution >= 4 is 52.2 Å². The van der Waals surface area contributed by atoms with Crippen molar-refractivity contribution in [3.8, 4) is 0 Å². The molecule has 4 atom stereocenters. The summed E-state index contributed by atoms with van der Waals surface area (Å²) in [5, 5.41) is 0. The maximum absolute atomic E-state index is 13.9. The molecule has 21 heteroatoms. The maximum atomic E-state index is 13.9. The van der Waals surface area contributed by atoms with E-state index in [-0.39, 0.29) is 46.0 Å². The molecule has 2 fully saturated rings. The number of Topliss-reactive ketones (excluding diaryl/α,β-unsaturated/α-hetero) is 3. The lowest BCUT2D eigenvalue weighted by Gasteiger charge is -2.11. The topological polar surface area (TPSA) is 143 Å². The fourth-order valence-electron chi connectivity index (χ4n) is 5.72. The first-order chi connectivity index (χ1) is 28.8. The zero-order valence-electron chi connectivity index (χ0n) is 32.2.